The summed E-state index contributed by atoms with van der Waals surface area (Å²) >= 11 is 0. The van der Waals surface area contributed by atoms with E-state index in [1.807, 2.05) is 13.0 Å². The Hall–Kier alpha value is -2.85. The number of benzene rings is 1. The monoisotopic (exact) mass is 332 g/mol. The quantitative estimate of drug-likeness (QED) is 0.383. The van der Waals surface area contributed by atoms with Gasteiger partial charge in [0.2, 0.25) is 0 Å². The topological polar surface area (TPSA) is 109 Å². The molecule has 24 heavy (non-hydrogen) atoms. The van der Waals surface area contributed by atoms with Gasteiger partial charge >= 0.3 is 5.97 Å². The molecule has 1 aromatic rings. The summed E-state index contributed by atoms with van der Waals surface area (Å²) in [6.07, 6.45) is 2.02. The molecule has 0 fully saturated rings. The van der Waals surface area contributed by atoms with Crippen molar-refractivity contribution in [3.05, 3.63) is 35.4 Å². The molecule has 0 aliphatic rings. The van der Waals surface area contributed by atoms with Gasteiger partial charge in [-0.05, 0) is 25.5 Å². The first-order valence-corrected chi connectivity index (χ1v) is 7.49. The third kappa shape index (κ3) is 6.94. The van der Waals surface area contributed by atoms with E-state index in [4.69, 9.17) is 19.8 Å². The second-order valence-corrected chi connectivity index (χ2v) is 4.70. The number of carboxylic acids is 1. The van der Waals surface area contributed by atoms with Crippen LogP contribution < -0.4 is 10.1 Å². The zero-order valence-electron chi connectivity index (χ0n) is 13.4. The van der Waals surface area contributed by atoms with Crippen LogP contribution in [0.2, 0.25) is 0 Å². The molecule has 0 spiro atoms. The van der Waals surface area contributed by atoms with Crippen molar-refractivity contribution in [3.63, 3.8) is 0 Å². The standard InChI is InChI=1S/C17H20N2O5/c1-2-23-9-5-8-19-17(22)14(11-18)10-13-6-3-4-7-15(13)24-12-16(20)21/h3-4,6-7,10H,2,5,8-9,12H2,1H3,(H,19,22)(H,20,21). The number of nitriles is 1. The lowest BCUT2D eigenvalue weighted by molar-refractivity contribution is -0.139. The third-order valence-corrected chi connectivity index (χ3v) is 2.89. The number of carboxylic acid groups (broad SMARTS) is 1. The van der Waals surface area contributed by atoms with Crippen LogP contribution in [0.5, 0.6) is 5.75 Å². The number of hydrogen-bond donors (Lipinski definition) is 2. The summed E-state index contributed by atoms with van der Waals surface area (Å²) in [5.74, 6) is -1.32. The lowest BCUT2D eigenvalue weighted by atomic mass is 10.1. The summed E-state index contributed by atoms with van der Waals surface area (Å²) < 4.78 is 10.3. The van der Waals surface area contributed by atoms with E-state index in [0.717, 1.165) is 0 Å². The van der Waals surface area contributed by atoms with Gasteiger partial charge in [0.05, 0.1) is 0 Å². The van der Waals surface area contributed by atoms with Crippen LogP contribution >= 0.6 is 0 Å². The predicted molar refractivity (Wildman–Crippen MR) is 87.3 cm³/mol. The van der Waals surface area contributed by atoms with Crippen LogP contribution in [0.3, 0.4) is 0 Å². The van der Waals surface area contributed by atoms with Gasteiger partial charge in [-0.15, -0.1) is 0 Å². The first-order chi connectivity index (χ1) is 11.6. The summed E-state index contributed by atoms with van der Waals surface area (Å²) in [7, 11) is 0. The highest BCUT2D eigenvalue weighted by Crippen LogP contribution is 2.21. The first kappa shape index (κ1) is 19.2. The largest absolute Gasteiger partial charge is 0.481 e. The summed E-state index contributed by atoms with van der Waals surface area (Å²) in [6.45, 7) is 2.93. The minimum absolute atomic E-state index is 0.0854. The number of nitrogens with one attached hydrogen (secondary N) is 1. The predicted octanol–water partition coefficient (Wildman–Crippen LogP) is 1.60. The molecule has 7 nitrogen and oxygen atoms in total. The van der Waals surface area contributed by atoms with E-state index in [9.17, 15) is 9.59 Å². The van der Waals surface area contributed by atoms with Crippen molar-refractivity contribution in [1.29, 1.82) is 5.26 Å². The number of hydrogen-bond acceptors (Lipinski definition) is 5. The molecule has 2 N–H and O–H groups in total. The van der Waals surface area contributed by atoms with Crippen LogP contribution in [0.15, 0.2) is 29.8 Å². The van der Waals surface area contributed by atoms with E-state index in [-0.39, 0.29) is 11.3 Å². The van der Waals surface area contributed by atoms with E-state index in [0.29, 0.717) is 31.7 Å². The summed E-state index contributed by atoms with van der Waals surface area (Å²) in [5, 5.41) is 20.5. The molecule has 128 valence electrons. The lowest BCUT2D eigenvalue weighted by Crippen LogP contribution is -2.26. The normalized spacial score (nSPS) is 10.8. The summed E-state index contributed by atoms with van der Waals surface area (Å²) in [4.78, 5) is 22.6. The molecule has 1 aromatic carbocycles. The molecule has 7 heteroatoms. The zero-order chi connectivity index (χ0) is 17.8. The van der Waals surface area contributed by atoms with Gasteiger partial charge in [-0.2, -0.15) is 5.26 Å². The van der Waals surface area contributed by atoms with Gasteiger partial charge in [0.25, 0.3) is 5.91 Å². The van der Waals surface area contributed by atoms with Gasteiger partial charge in [-0.3, -0.25) is 4.79 Å². The molecule has 0 saturated carbocycles. The first-order valence-electron chi connectivity index (χ1n) is 7.49. The minimum atomic E-state index is -1.11. The molecule has 0 aliphatic heterocycles. The average molecular weight is 332 g/mol. The van der Waals surface area contributed by atoms with Crippen molar-refractivity contribution < 1.29 is 24.2 Å². The van der Waals surface area contributed by atoms with Gasteiger partial charge < -0.3 is 19.9 Å². The number of amides is 1. The number of carbonyl (C=O) groups excluding carboxylic acids is 1. The van der Waals surface area contributed by atoms with Crippen molar-refractivity contribution in [2.75, 3.05) is 26.4 Å². The molecule has 1 rings (SSSR count). The number of rotatable bonds is 10. The summed E-state index contributed by atoms with van der Waals surface area (Å²) in [5.41, 5.74) is 0.373. The van der Waals surface area contributed by atoms with Crippen LogP contribution in [0.25, 0.3) is 6.08 Å². The fourth-order valence-corrected chi connectivity index (χ4v) is 1.79. The highest BCUT2D eigenvalue weighted by atomic mass is 16.5. The molecule has 0 aromatic heterocycles. The Labute approximate surface area is 140 Å². The molecular formula is C17H20N2O5. The van der Waals surface area contributed by atoms with Gasteiger partial charge in [-0.1, -0.05) is 18.2 Å². The number of aliphatic carboxylic acids is 1. The molecule has 0 unspecified atom stereocenters. The van der Waals surface area contributed by atoms with E-state index in [1.165, 1.54) is 6.08 Å². The highest BCUT2D eigenvalue weighted by Gasteiger charge is 2.11. The van der Waals surface area contributed by atoms with E-state index in [1.54, 1.807) is 24.3 Å². The second kappa shape index (κ2) is 10.8. The van der Waals surface area contributed by atoms with Crippen LogP contribution in [0.1, 0.15) is 18.9 Å². The van der Waals surface area contributed by atoms with Gasteiger partial charge in [0.1, 0.15) is 17.4 Å². The average Bonchev–Trinajstić information content (AvgIpc) is 2.58. The van der Waals surface area contributed by atoms with Gasteiger partial charge in [0, 0.05) is 25.3 Å². The molecule has 0 atom stereocenters. The van der Waals surface area contributed by atoms with E-state index >= 15 is 0 Å². The molecule has 0 saturated heterocycles. The molecule has 0 bridgehead atoms. The van der Waals surface area contributed by atoms with Crippen molar-refractivity contribution >= 4 is 18.0 Å². The maximum absolute atomic E-state index is 12.0. The molecule has 0 radical (unpaired) electrons. The number of ether oxygens (including phenoxy) is 2. The Morgan fingerprint density at radius 2 is 2.12 bits per heavy atom. The Kier molecular flexibility index (Phi) is 8.64. The van der Waals surface area contributed by atoms with Crippen LogP contribution in [0, 0.1) is 11.3 Å². The Morgan fingerprint density at radius 3 is 2.79 bits per heavy atom. The Morgan fingerprint density at radius 1 is 1.38 bits per heavy atom. The van der Waals surface area contributed by atoms with Crippen LogP contribution in [-0.4, -0.2) is 43.3 Å². The number of para-hydroxylation sites is 1. The van der Waals surface area contributed by atoms with Crippen LogP contribution in [-0.2, 0) is 14.3 Å². The van der Waals surface area contributed by atoms with Crippen molar-refractivity contribution in [1.82, 2.24) is 5.32 Å². The molecule has 0 aliphatic carbocycles. The third-order valence-electron chi connectivity index (χ3n) is 2.89. The van der Waals surface area contributed by atoms with E-state index < -0.39 is 18.5 Å². The number of nitrogens with zero attached hydrogens (tertiary/aromatic N) is 1. The van der Waals surface area contributed by atoms with Crippen molar-refractivity contribution in [3.8, 4) is 11.8 Å². The Balaban J connectivity index is 2.75. The molecule has 0 heterocycles. The fourth-order valence-electron chi connectivity index (χ4n) is 1.79. The maximum atomic E-state index is 12.0. The van der Waals surface area contributed by atoms with Gasteiger partial charge in [-0.25, -0.2) is 4.79 Å². The number of carbonyl (C=O) groups is 2. The SMILES string of the molecule is CCOCCCNC(=O)C(C#N)=Cc1ccccc1OCC(=O)O. The Bertz CT molecular complexity index is 634. The second-order valence-electron chi connectivity index (χ2n) is 4.70. The van der Waals surface area contributed by atoms with Gasteiger partial charge in [0.15, 0.2) is 6.61 Å². The maximum Gasteiger partial charge on any atom is 0.341 e. The van der Waals surface area contributed by atoms with Crippen molar-refractivity contribution in [2.45, 2.75) is 13.3 Å². The smallest absolute Gasteiger partial charge is 0.341 e. The minimum Gasteiger partial charge on any atom is -0.481 e. The summed E-state index contributed by atoms with van der Waals surface area (Å²) in [6, 6.07) is 8.43. The lowest BCUT2D eigenvalue weighted by Gasteiger charge is -2.08. The van der Waals surface area contributed by atoms with Crippen LogP contribution in [0.4, 0.5) is 0 Å². The molecular weight excluding hydrogens is 312 g/mol. The fraction of sp³-hybridized carbons (Fsp3) is 0.353. The highest BCUT2D eigenvalue weighted by molar-refractivity contribution is 6.01. The van der Waals surface area contributed by atoms with E-state index in [2.05, 4.69) is 5.32 Å². The molecule has 1 amide bonds. The van der Waals surface area contributed by atoms with Crippen molar-refractivity contribution in [2.24, 2.45) is 0 Å². The zero-order valence-corrected chi connectivity index (χ0v) is 13.4.